The second-order valence-electron chi connectivity index (χ2n) is 6.63. The molecule has 0 spiro atoms. The summed E-state index contributed by atoms with van der Waals surface area (Å²) in [7, 11) is 1.62. The summed E-state index contributed by atoms with van der Waals surface area (Å²) >= 11 is 6.03. The molecule has 1 aromatic heterocycles. The second kappa shape index (κ2) is 10.1. The Balaban J connectivity index is 1.51. The van der Waals surface area contributed by atoms with Gasteiger partial charge in [0, 0.05) is 36.5 Å². The summed E-state index contributed by atoms with van der Waals surface area (Å²) in [4.78, 5) is 18.8. The zero-order chi connectivity index (χ0) is 20.6. The highest BCUT2D eigenvalue weighted by atomic mass is 35.5. The van der Waals surface area contributed by atoms with Crippen molar-refractivity contribution < 1.29 is 14.1 Å². The fraction of sp³-hybridized carbons (Fsp3) is 0.318. The third kappa shape index (κ3) is 5.81. The van der Waals surface area contributed by atoms with Crippen LogP contribution in [0.2, 0.25) is 5.02 Å². The Hall–Kier alpha value is -2.86. The van der Waals surface area contributed by atoms with Crippen LogP contribution in [0.1, 0.15) is 31.2 Å². The van der Waals surface area contributed by atoms with Gasteiger partial charge in [0.1, 0.15) is 5.75 Å². The molecular formula is C22H24ClN3O3. The van der Waals surface area contributed by atoms with E-state index in [2.05, 4.69) is 10.1 Å². The van der Waals surface area contributed by atoms with E-state index in [1.54, 1.807) is 7.11 Å². The second-order valence-corrected chi connectivity index (χ2v) is 7.07. The van der Waals surface area contributed by atoms with E-state index in [1.165, 1.54) is 0 Å². The molecule has 7 heteroatoms. The maximum absolute atomic E-state index is 12.6. The van der Waals surface area contributed by atoms with Crippen molar-refractivity contribution in [1.29, 1.82) is 0 Å². The molecule has 0 bridgehead atoms. The Kier molecular flexibility index (Phi) is 7.25. The predicted molar refractivity (Wildman–Crippen MR) is 112 cm³/mol. The minimum Gasteiger partial charge on any atom is -0.497 e. The first kappa shape index (κ1) is 20.9. The van der Waals surface area contributed by atoms with Gasteiger partial charge >= 0.3 is 0 Å². The summed E-state index contributed by atoms with van der Waals surface area (Å²) in [5.41, 5.74) is 1.88. The van der Waals surface area contributed by atoms with Gasteiger partial charge in [0.05, 0.1) is 7.11 Å². The highest BCUT2D eigenvalue weighted by Gasteiger charge is 2.14. The summed E-state index contributed by atoms with van der Waals surface area (Å²) in [5, 5.41) is 4.70. The minimum absolute atomic E-state index is 0.0994. The molecular weight excluding hydrogens is 390 g/mol. The van der Waals surface area contributed by atoms with Gasteiger partial charge in [-0.2, -0.15) is 4.98 Å². The van der Waals surface area contributed by atoms with Crippen molar-refractivity contribution in [3.8, 4) is 17.1 Å². The lowest BCUT2D eigenvalue weighted by Crippen LogP contribution is -2.30. The van der Waals surface area contributed by atoms with Crippen molar-refractivity contribution in [2.45, 2.75) is 32.7 Å². The quantitative estimate of drug-likeness (QED) is 0.505. The zero-order valence-electron chi connectivity index (χ0n) is 16.6. The average molecular weight is 414 g/mol. The molecule has 0 saturated carbocycles. The average Bonchev–Trinajstić information content (AvgIpc) is 3.21. The van der Waals surface area contributed by atoms with Crippen LogP contribution in [-0.2, 0) is 17.8 Å². The number of ether oxygens (including phenoxy) is 1. The zero-order valence-corrected chi connectivity index (χ0v) is 17.4. The van der Waals surface area contributed by atoms with Crippen LogP contribution in [0, 0.1) is 0 Å². The van der Waals surface area contributed by atoms with Gasteiger partial charge in [-0.05, 0) is 55.3 Å². The van der Waals surface area contributed by atoms with Gasteiger partial charge in [-0.1, -0.05) is 28.9 Å². The van der Waals surface area contributed by atoms with E-state index in [0.717, 1.165) is 16.9 Å². The van der Waals surface area contributed by atoms with Crippen LogP contribution in [-0.4, -0.2) is 34.6 Å². The largest absolute Gasteiger partial charge is 0.497 e. The van der Waals surface area contributed by atoms with E-state index < -0.39 is 0 Å². The lowest BCUT2D eigenvalue weighted by atomic mass is 10.1. The van der Waals surface area contributed by atoms with E-state index >= 15 is 0 Å². The fourth-order valence-corrected chi connectivity index (χ4v) is 3.21. The van der Waals surface area contributed by atoms with Gasteiger partial charge in [-0.25, -0.2) is 0 Å². The molecule has 0 radical (unpaired) electrons. The lowest BCUT2D eigenvalue weighted by molar-refractivity contribution is -0.131. The molecule has 3 aromatic rings. The number of hydrogen-bond acceptors (Lipinski definition) is 5. The van der Waals surface area contributed by atoms with Crippen LogP contribution in [0.25, 0.3) is 11.4 Å². The topological polar surface area (TPSA) is 68.5 Å². The normalized spacial score (nSPS) is 10.7. The van der Waals surface area contributed by atoms with E-state index in [9.17, 15) is 4.79 Å². The number of carbonyl (C=O) groups is 1. The summed E-state index contributed by atoms with van der Waals surface area (Å²) < 4.78 is 10.5. The predicted octanol–water partition coefficient (Wildman–Crippen LogP) is 4.77. The molecule has 3 rings (SSSR count). The van der Waals surface area contributed by atoms with Crippen LogP contribution in [0.5, 0.6) is 5.75 Å². The molecule has 6 nitrogen and oxygen atoms in total. The number of carbonyl (C=O) groups excluding carboxylic acids is 1. The molecule has 0 N–H and O–H groups in total. The van der Waals surface area contributed by atoms with Crippen LogP contribution in [0.4, 0.5) is 0 Å². The third-order valence-corrected chi connectivity index (χ3v) is 4.83. The third-order valence-electron chi connectivity index (χ3n) is 4.59. The Bertz CT molecular complexity index is 940. The maximum atomic E-state index is 12.6. The molecule has 2 aromatic carbocycles. The van der Waals surface area contributed by atoms with Crippen LogP contribution in [0.15, 0.2) is 53.1 Å². The van der Waals surface area contributed by atoms with Crippen molar-refractivity contribution in [2.24, 2.45) is 0 Å². The molecule has 0 atom stereocenters. The highest BCUT2D eigenvalue weighted by molar-refractivity contribution is 6.30. The SMILES string of the molecule is CCN(Cc1cccc(Cl)c1)C(=O)CCCc1nc(-c2ccc(OC)cc2)no1. The molecule has 1 heterocycles. The molecule has 0 saturated heterocycles. The Morgan fingerprint density at radius 2 is 2.00 bits per heavy atom. The monoisotopic (exact) mass is 413 g/mol. The summed E-state index contributed by atoms with van der Waals surface area (Å²) in [6.07, 6.45) is 1.63. The molecule has 0 aliphatic carbocycles. The fourth-order valence-electron chi connectivity index (χ4n) is 2.99. The van der Waals surface area contributed by atoms with E-state index in [0.29, 0.717) is 49.1 Å². The van der Waals surface area contributed by atoms with Gasteiger partial charge in [0.2, 0.25) is 17.6 Å². The number of halogens is 1. The molecule has 1 amide bonds. The Labute approximate surface area is 175 Å². The Morgan fingerprint density at radius 1 is 1.21 bits per heavy atom. The van der Waals surface area contributed by atoms with Crippen molar-refractivity contribution in [3.05, 3.63) is 65.0 Å². The number of nitrogens with zero attached hydrogens (tertiary/aromatic N) is 3. The standard InChI is InChI=1S/C22H24ClN3O3/c1-3-26(15-16-6-4-7-18(23)14-16)21(27)9-5-8-20-24-22(25-29-20)17-10-12-19(28-2)13-11-17/h4,6-7,10-14H,3,5,8-9,15H2,1-2H3. The summed E-state index contributed by atoms with van der Waals surface area (Å²) in [6.45, 7) is 3.17. The van der Waals surface area contributed by atoms with E-state index in [-0.39, 0.29) is 5.91 Å². The number of methoxy groups -OCH3 is 1. The highest BCUT2D eigenvalue weighted by Crippen LogP contribution is 2.20. The van der Waals surface area contributed by atoms with Crippen molar-refractivity contribution in [2.75, 3.05) is 13.7 Å². The van der Waals surface area contributed by atoms with Gasteiger partial charge in [-0.15, -0.1) is 0 Å². The number of amides is 1. The molecule has 0 aliphatic heterocycles. The number of rotatable bonds is 9. The van der Waals surface area contributed by atoms with Gasteiger partial charge in [-0.3, -0.25) is 4.79 Å². The summed E-state index contributed by atoms with van der Waals surface area (Å²) in [5.74, 6) is 1.93. The molecule has 0 fully saturated rings. The van der Waals surface area contributed by atoms with E-state index in [1.807, 2.05) is 60.4 Å². The molecule has 152 valence electrons. The van der Waals surface area contributed by atoms with Crippen molar-refractivity contribution in [1.82, 2.24) is 15.0 Å². The van der Waals surface area contributed by atoms with Gasteiger partial charge in [0.15, 0.2) is 0 Å². The van der Waals surface area contributed by atoms with Crippen LogP contribution in [0.3, 0.4) is 0 Å². The maximum Gasteiger partial charge on any atom is 0.226 e. The minimum atomic E-state index is 0.0994. The number of benzene rings is 2. The Morgan fingerprint density at radius 3 is 2.69 bits per heavy atom. The number of aromatic nitrogens is 2. The lowest BCUT2D eigenvalue weighted by Gasteiger charge is -2.21. The molecule has 0 unspecified atom stereocenters. The van der Waals surface area contributed by atoms with Crippen LogP contribution < -0.4 is 4.74 Å². The molecule has 0 aliphatic rings. The number of aryl methyl sites for hydroxylation is 1. The first-order valence-corrected chi connectivity index (χ1v) is 9.96. The smallest absolute Gasteiger partial charge is 0.226 e. The van der Waals surface area contributed by atoms with Crippen molar-refractivity contribution in [3.63, 3.8) is 0 Å². The first-order chi connectivity index (χ1) is 14.1. The van der Waals surface area contributed by atoms with Gasteiger partial charge in [0.25, 0.3) is 0 Å². The first-order valence-electron chi connectivity index (χ1n) is 9.58. The summed E-state index contributed by atoms with van der Waals surface area (Å²) in [6, 6.07) is 15.0. The number of hydrogen-bond donors (Lipinski definition) is 0. The van der Waals surface area contributed by atoms with Crippen molar-refractivity contribution >= 4 is 17.5 Å². The van der Waals surface area contributed by atoms with E-state index in [4.69, 9.17) is 20.9 Å². The van der Waals surface area contributed by atoms with Gasteiger partial charge < -0.3 is 14.2 Å². The van der Waals surface area contributed by atoms with Crippen LogP contribution >= 0.6 is 11.6 Å². The molecule has 29 heavy (non-hydrogen) atoms.